The van der Waals surface area contributed by atoms with E-state index < -0.39 is 0 Å². The summed E-state index contributed by atoms with van der Waals surface area (Å²) in [6.07, 6.45) is 17.0. The van der Waals surface area contributed by atoms with Gasteiger partial charge in [0.25, 0.3) is 0 Å². The molecule has 0 saturated heterocycles. The summed E-state index contributed by atoms with van der Waals surface area (Å²) in [5.74, 6) is 16.8. The fraction of sp³-hybridized carbons (Fsp3) is 0.0928. The van der Waals surface area contributed by atoms with E-state index in [1.165, 1.54) is 43.2 Å². The van der Waals surface area contributed by atoms with Crippen molar-refractivity contribution < 1.29 is 28.4 Å². The highest BCUT2D eigenvalue weighted by molar-refractivity contribution is 7.18. The minimum absolute atomic E-state index is 0.453. The molecule has 20 rings (SSSR count). The van der Waals surface area contributed by atoms with Gasteiger partial charge in [0, 0.05) is 39.3 Å². The highest BCUT2D eigenvalue weighted by Crippen LogP contribution is 2.41. The second kappa shape index (κ2) is 37.6. The van der Waals surface area contributed by atoms with Crippen molar-refractivity contribution >= 4 is 108 Å². The van der Waals surface area contributed by atoms with Gasteiger partial charge in [0.05, 0.1) is 34.7 Å². The Morgan fingerprint density at radius 2 is 0.534 bits per heavy atom. The predicted molar refractivity (Wildman–Crippen MR) is 479 cm³/mol. The quantitative estimate of drug-likeness (QED) is 0.0831. The van der Waals surface area contributed by atoms with Gasteiger partial charge in [-0.1, -0.05) is 188 Å². The summed E-state index contributed by atoms with van der Waals surface area (Å²) in [5.41, 5.74) is 12.5. The molecule has 0 unspecified atom stereocenters. The zero-order valence-electron chi connectivity index (χ0n) is 64.1. The molecule has 0 bridgehead atoms. The van der Waals surface area contributed by atoms with Crippen LogP contribution in [0.4, 0.5) is 0 Å². The van der Waals surface area contributed by atoms with Crippen molar-refractivity contribution in [2.75, 3.05) is 7.11 Å². The summed E-state index contributed by atoms with van der Waals surface area (Å²) < 4.78 is 40.1. The summed E-state index contributed by atoms with van der Waals surface area (Å²) in [7, 11) is 1.64. The number of terminal acetylenes is 2. The van der Waals surface area contributed by atoms with E-state index in [1.54, 1.807) is 63.8 Å². The molecule has 0 atom stereocenters. The van der Waals surface area contributed by atoms with Gasteiger partial charge < -0.3 is 28.4 Å². The van der Waals surface area contributed by atoms with E-state index in [4.69, 9.17) is 51.2 Å². The molecule has 9 aromatic carbocycles. The van der Waals surface area contributed by atoms with Gasteiger partial charge in [-0.3, -0.25) is 0 Å². The van der Waals surface area contributed by atoms with Crippen molar-refractivity contribution in [1.82, 2.24) is 49.8 Å². The SMILES string of the molecule is C#Cc1ccc(Oc2nc(-c3ccccc3)nc3ccsc23)cc1.C#Cc1ccc(Oc2nc(C3CCCCC3)nc3ccsc23)cc1.COc1ccc(Oc2nc(-c3ccccc3)nc3ccsc23)cc1.Cc1ccc(Oc2nc(-c3ccccc3)nc3ccsc23)cc1.Cc1ccc(Oc2nc(-c3ccccc3)nc3ccsc23)cc1. The van der Waals surface area contributed by atoms with E-state index >= 15 is 0 Å². The molecule has 16 nitrogen and oxygen atoms in total. The summed E-state index contributed by atoms with van der Waals surface area (Å²) in [4.78, 5) is 46.6. The molecule has 10 heterocycles. The van der Waals surface area contributed by atoms with E-state index in [-0.39, 0.29) is 0 Å². The fourth-order valence-corrected chi connectivity index (χ4v) is 16.4. The zero-order valence-corrected chi connectivity index (χ0v) is 68.2. The third kappa shape index (κ3) is 19.4. The number of rotatable bonds is 16. The summed E-state index contributed by atoms with van der Waals surface area (Å²) in [6, 6.07) is 88.0. The Bertz CT molecular complexity index is 6490. The first kappa shape index (κ1) is 78.0. The van der Waals surface area contributed by atoms with Gasteiger partial charge in [-0.25, -0.2) is 24.9 Å². The summed E-state index contributed by atoms with van der Waals surface area (Å²) in [6.45, 7) is 4.11. The van der Waals surface area contributed by atoms with Crippen LogP contribution in [0.25, 0.3) is 96.6 Å². The first-order valence-corrected chi connectivity index (χ1v) is 42.3. The Morgan fingerprint density at radius 1 is 0.280 bits per heavy atom. The molecule has 0 aliphatic heterocycles. The van der Waals surface area contributed by atoms with Crippen LogP contribution >= 0.6 is 56.7 Å². The lowest BCUT2D eigenvalue weighted by Crippen LogP contribution is -2.09. The number of hydrogen-bond donors (Lipinski definition) is 0. The van der Waals surface area contributed by atoms with Crippen LogP contribution in [0.15, 0.2) is 300 Å². The van der Waals surface area contributed by atoms with Crippen molar-refractivity contribution in [2.45, 2.75) is 51.9 Å². The van der Waals surface area contributed by atoms with E-state index in [0.717, 1.165) is 113 Å². The van der Waals surface area contributed by atoms with Gasteiger partial charge in [-0.2, -0.15) is 24.9 Å². The van der Waals surface area contributed by atoms with Crippen LogP contribution in [0.3, 0.4) is 0 Å². The number of aromatic nitrogens is 10. The van der Waals surface area contributed by atoms with Crippen LogP contribution in [0.5, 0.6) is 63.9 Å². The number of aryl methyl sites for hydroxylation is 2. The number of nitrogens with zero attached hydrogens (tertiary/aromatic N) is 10. The first-order chi connectivity index (χ1) is 58.1. The smallest absolute Gasteiger partial charge is 0.240 e. The van der Waals surface area contributed by atoms with E-state index in [9.17, 15) is 0 Å². The Labute approximate surface area is 701 Å². The van der Waals surface area contributed by atoms with Crippen molar-refractivity contribution in [1.29, 1.82) is 0 Å². The van der Waals surface area contributed by atoms with Crippen LogP contribution in [0.1, 0.15) is 66.1 Å². The van der Waals surface area contributed by atoms with Crippen LogP contribution in [0.2, 0.25) is 0 Å². The van der Waals surface area contributed by atoms with E-state index in [0.29, 0.717) is 70.1 Å². The molecule has 0 spiro atoms. The number of thiophene rings is 5. The molecule has 0 radical (unpaired) electrons. The maximum atomic E-state index is 6.07. The molecule has 576 valence electrons. The molecule has 1 aliphatic rings. The number of fused-ring (bicyclic) bond motifs is 5. The highest BCUT2D eigenvalue weighted by atomic mass is 32.1. The second-order valence-electron chi connectivity index (χ2n) is 26.9. The summed E-state index contributed by atoms with van der Waals surface area (Å²) in [5, 5.41) is 10.0. The van der Waals surface area contributed by atoms with Crippen LogP contribution in [-0.2, 0) is 0 Å². The number of methoxy groups -OCH3 is 1. The molecule has 10 aromatic heterocycles. The maximum Gasteiger partial charge on any atom is 0.240 e. The van der Waals surface area contributed by atoms with Crippen molar-refractivity contribution in [3.63, 3.8) is 0 Å². The molecule has 1 saturated carbocycles. The zero-order chi connectivity index (χ0) is 80.4. The van der Waals surface area contributed by atoms with Gasteiger partial charge in [0.2, 0.25) is 29.4 Å². The Hall–Kier alpha value is -13.9. The van der Waals surface area contributed by atoms with E-state index in [2.05, 4.69) is 65.6 Å². The van der Waals surface area contributed by atoms with Crippen LogP contribution in [0, 0.1) is 38.5 Å². The number of ether oxygens (including phenoxy) is 6. The second-order valence-corrected chi connectivity index (χ2v) is 31.5. The normalized spacial score (nSPS) is 11.6. The van der Waals surface area contributed by atoms with Gasteiger partial charge in [0.15, 0.2) is 23.3 Å². The lowest BCUT2D eigenvalue weighted by Gasteiger charge is -2.20. The Kier molecular flexibility index (Phi) is 24.8. The third-order valence-corrected chi connectivity index (χ3v) is 23.2. The largest absolute Gasteiger partial charge is 0.497 e. The molecular weight excluding hydrogens is 1560 g/mol. The van der Waals surface area contributed by atoms with Crippen molar-refractivity contribution in [3.05, 3.63) is 328 Å². The molecule has 19 aromatic rings. The Balaban J connectivity index is 0.000000110. The average Bonchev–Trinajstić information content (AvgIpc) is 1.60. The monoisotopic (exact) mass is 1630 g/mol. The average molecular weight is 1630 g/mol. The van der Waals surface area contributed by atoms with Crippen molar-refractivity contribution in [3.8, 4) is 134 Å². The molecule has 1 aliphatic carbocycles. The van der Waals surface area contributed by atoms with Gasteiger partial charge in [0.1, 0.15) is 63.8 Å². The predicted octanol–water partition coefficient (Wildman–Crippen LogP) is 26.7. The molecular formula is C97H72N10O6S5. The van der Waals surface area contributed by atoms with Crippen molar-refractivity contribution in [2.24, 2.45) is 0 Å². The lowest BCUT2D eigenvalue weighted by atomic mass is 9.89. The van der Waals surface area contributed by atoms with Gasteiger partial charge >= 0.3 is 0 Å². The molecule has 21 heteroatoms. The topological polar surface area (TPSA) is 184 Å². The van der Waals surface area contributed by atoms with Gasteiger partial charge in [-0.05, 0) is 181 Å². The van der Waals surface area contributed by atoms with Crippen LogP contribution < -0.4 is 28.4 Å². The highest BCUT2D eigenvalue weighted by Gasteiger charge is 2.23. The third-order valence-electron chi connectivity index (χ3n) is 18.7. The fourth-order valence-electron chi connectivity index (χ4n) is 12.6. The Morgan fingerprint density at radius 3 is 0.814 bits per heavy atom. The minimum Gasteiger partial charge on any atom is -0.497 e. The molecule has 118 heavy (non-hydrogen) atoms. The molecule has 0 N–H and O–H groups in total. The van der Waals surface area contributed by atoms with E-state index in [1.807, 2.05) is 300 Å². The maximum absolute atomic E-state index is 6.07. The lowest BCUT2D eigenvalue weighted by molar-refractivity contribution is 0.412. The van der Waals surface area contributed by atoms with Crippen LogP contribution in [-0.4, -0.2) is 56.9 Å². The number of benzene rings is 9. The number of hydrogen-bond acceptors (Lipinski definition) is 21. The molecule has 0 amide bonds. The van der Waals surface area contributed by atoms with Gasteiger partial charge in [-0.15, -0.1) is 69.5 Å². The first-order valence-electron chi connectivity index (χ1n) is 37.9. The standard InChI is InChI=1S/C20H18N2OS.C20H12N2OS.C19H14N2O2S.2C19H14N2OS/c2*1-2-14-8-10-16(11-9-14)23-20-18-17(12-13-24-18)21-19(22-20)15-6-4-3-5-7-15;1-22-14-7-9-15(10-8-14)23-19-17-16(11-12-24-17)20-18(21-19)13-5-3-2-4-6-13;2*1-13-7-9-15(10-8-13)22-19-17-16(11-12-23-17)20-18(21-19)14-5-3-2-4-6-14/h1,8-13,15H,3-7H2;1,3-13H;2-12H,1H3;2*2-12H,1H3. The minimum atomic E-state index is 0.453. The molecule has 1 fully saturated rings. The summed E-state index contributed by atoms with van der Waals surface area (Å²) >= 11 is 7.93.